The fourth-order valence-electron chi connectivity index (χ4n) is 3.47. The third-order valence-electron chi connectivity index (χ3n) is 5.81. The van der Waals surface area contributed by atoms with E-state index in [2.05, 4.69) is 26.1 Å². The lowest BCUT2D eigenvalue weighted by Crippen LogP contribution is -2.51. The van der Waals surface area contributed by atoms with Crippen molar-refractivity contribution in [3.05, 3.63) is 63.6 Å². The van der Waals surface area contributed by atoms with E-state index in [4.69, 9.17) is 27.9 Å². The van der Waals surface area contributed by atoms with Gasteiger partial charge in [-0.05, 0) is 60.6 Å². The molecule has 0 saturated heterocycles. The van der Waals surface area contributed by atoms with E-state index in [9.17, 15) is 9.59 Å². The second kappa shape index (κ2) is 12.5. The average molecular weight is 508 g/mol. The number of halogens is 2. The Labute approximate surface area is 213 Å². The third kappa shape index (κ3) is 7.92. The van der Waals surface area contributed by atoms with Gasteiger partial charge in [0.1, 0.15) is 11.8 Å². The molecule has 0 aliphatic heterocycles. The molecule has 5 nitrogen and oxygen atoms in total. The number of carbonyl (C=O) groups is 2. The molecule has 0 unspecified atom stereocenters. The second-order valence-electron chi connectivity index (χ2n) is 9.58. The Kier molecular flexibility index (Phi) is 10.3. The molecule has 2 rings (SSSR count). The molecule has 0 bridgehead atoms. The van der Waals surface area contributed by atoms with Gasteiger partial charge in [-0.25, -0.2) is 0 Å². The van der Waals surface area contributed by atoms with Crippen molar-refractivity contribution in [2.45, 2.75) is 78.4 Å². The summed E-state index contributed by atoms with van der Waals surface area (Å²) in [4.78, 5) is 27.9. The van der Waals surface area contributed by atoms with Crippen LogP contribution in [0.1, 0.15) is 65.5 Å². The third-order valence-corrected chi connectivity index (χ3v) is 6.55. The van der Waals surface area contributed by atoms with Gasteiger partial charge in [0.2, 0.25) is 5.91 Å². The molecular formula is C27H36Cl2N2O3. The van der Waals surface area contributed by atoms with Gasteiger partial charge < -0.3 is 15.0 Å². The summed E-state index contributed by atoms with van der Waals surface area (Å²) in [5.74, 6) is 0.143. The quantitative estimate of drug-likeness (QED) is 0.405. The number of nitrogens with one attached hydrogen (secondary N) is 1. The summed E-state index contributed by atoms with van der Waals surface area (Å²) >= 11 is 12.2. The Hall–Kier alpha value is -2.24. The first-order valence-corrected chi connectivity index (χ1v) is 12.5. The molecule has 2 atom stereocenters. The number of hydrogen-bond donors (Lipinski definition) is 1. The summed E-state index contributed by atoms with van der Waals surface area (Å²) in [5, 5.41) is 3.83. The fourth-order valence-corrected chi connectivity index (χ4v) is 3.80. The molecule has 186 valence electrons. The van der Waals surface area contributed by atoms with Crippen molar-refractivity contribution >= 4 is 35.0 Å². The number of rotatable bonds is 10. The summed E-state index contributed by atoms with van der Waals surface area (Å²) < 4.78 is 5.80. The van der Waals surface area contributed by atoms with Crippen molar-refractivity contribution in [3.8, 4) is 5.75 Å². The van der Waals surface area contributed by atoms with Crippen molar-refractivity contribution in [2.24, 2.45) is 0 Å². The Bertz CT molecular complexity index is 971. The van der Waals surface area contributed by atoms with E-state index in [1.54, 1.807) is 23.1 Å². The number of nitrogens with zero attached hydrogens (tertiary/aromatic N) is 1. The molecule has 1 N–H and O–H groups in total. The zero-order valence-electron chi connectivity index (χ0n) is 21.0. The smallest absolute Gasteiger partial charge is 0.261 e. The van der Waals surface area contributed by atoms with Crippen LogP contribution in [0.25, 0.3) is 0 Å². The minimum Gasteiger partial charge on any atom is -0.484 e. The molecule has 2 amide bonds. The van der Waals surface area contributed by atoms with Crippen molar-refractivity contribution in [1.82, 2.24) is 10.2 Å². The lowest BCUT2D eigenvalue weighted by molar-refractivity contribution is -0.143. The molecule has 2 aromatic rings. The van der Waals surface area contributed by atoms with Gasteiger partial charge in [-0.15, -0.1) is 0 Å². The van der Waals surface area contributed by atoms with Crippen LogP contribution in [0.15, 0.2) is 42.5 Å². The van der Waals surface area contributed by atoms with Gasteiger partial charge in [-0.3, -0.25) is 9.59 Å². The summed E-state index contributed by atoms with van der Waals surface area (Å²) in [6, 6.07) is 12.3. The van der Waals surface area contributed by atoms with Crippen LogP contribution in [0.2, 0.25) is 10.0 Å². The first-order valence-electron chi connectivity index (χ1n) is 11.7. The maximum absolute atomic E-state index is 13.3. The SMILES string of the molecule is CC[C@@H](C)NC(=O)[C@@H](CC)N(Cc1ccc(Cl)c(Cl)c1)C(=O)COc1ccc(C(C)(C)C)cc1. The molecule has 0 aliphatic rings. The van der Waals surface area contributed by atoms with Gasteiger partial charge in [0, 0.05) is 12.6 Å². The van der Waals surface area contributed by atoms with Gasteiger partial charge in [-0.1, -0.05) is 76.0 Å². The first-order chi connectivity index (χ1) is 16.0. The highest BCUT2D eigenvalue weighted by atomic mass is 35.5. The van der Waals surface area contributed by atoms with E-state index in [1.807, 2.05) is 45.0 Å². The molecule has 34 heavy (non-hydrogen) atoms. The zero-order chi connectivity index (χ0) is 25.5. The molecule has 0 spiro atoms. The topological polar surface area (TPSA) is 58.6 Å². The molecular weight excluding hydrogens is 471 g/mol. The number of carbonyl (C=O) groups excluding carboxylic acids is 2. The minimum atomic E-state index is -0.636. The van der Waals surface area contributed by atoms with Crippen LogP contribution in [0.4, 0.5) is 0 Å². The van der Waals surface area contributed by atoms with E-state index in [0.717, 1.165) is 12.0 Å². The molecule has 0 radical (unpaired) electrons. The van der Waals surface area contributed by atoms with Gasteiger partial charge in [0.25, 0.3) is 5.91 Å². The van der Waals surface area contributed by atoms with Crippen LogP contribution in [-0.4, -0.2) is 35.4 Å². The van der Waals surface area contributed by atoms with Crippen LogP contribution in [0.5, 0.6) is 5.75 Å². The number of ether oxygens (including phenoxy) is 1. The molecule has 0 fully saturated rings. The van der Waals surface area contributed by atoms with Crippen LogP contribution in [-0.2, 0) is 21.5 Å². The molecule has 0 heterocycles. The second-order valence-corrected chi connectivity index (χ2v) is 10.4. The van der Waals surface area contributed by atoms with Gasteiger partial charge >= 0.3 is 0 Å². The first kappa shape index (κ1) is 28.0. The lowest BCUT2D eigenvalue weighted by atomic mass is 9.87. The molecule has 2 aromatic carbocycles. The maximum atomic E-state index is 13.3. The summed E-state index contributed by atoms with van der Waals surface area (Å²) in [5.41, 5.74) is 2.00. The number of hydrogen-bond acceptors (Lipinski definition) is 3. The van der Waals surface area contributed by atoms with Crippen LogP contribution < -0.4 is 10.1 Å². The summed E-state index contributed by atoms with van der Waals surface area (Å²) in [7, 11) is 0. The van der Waals surface area contributed by atoms with E-state index in [1.165, 1.54) is 5.56 Å². The van der Waals surface area contributed by atoms with Crippen LogP contribution >= 0.6 is 23.2 Å². The van der Waals surface area contributed by atoms with Crippen LogP contribution in [0, 0.1) is 0 Å². The standard InChI is InChI=1S/C27H36Cl2N2O3/c1-7-18(3)30-26(33)24(8-2)31(16-19-9-14-22(28)23(29)15-19)25(32)17-34-21-12-10-20(11-13-21)27(4,5)6/h9-15,18,24H,7-8,16-17H2,1-6H3,(H,30,33)/t18-,24-/m1/s1. The normalized spacial score (nSPS) is 13.2. The Balaban J connectivity index is 2.23. The van der Waals surface area contributed by atoms with Crippen molar-refractivity contribution < 1.29 is 14.3 Å². The molecule has 7 heteroatoms. The van der Waals surface area contributed by atoms with E-state index in [0.29, 0.717) is 22.2 Å². The maximum Gasteiger partial charge on any atom is 0.261 e. The Morgan fingerprint density at radius 3 is 2.18 bits per heavy atom. The molecule has 0 aromatic heterocycles. The monoisotopic (exact) mass is 506 g/mol. The Morgan fingerprint density at radius 1 is 1.00 bits per heavy atom. The molecule has 0 aliphatic carbocycles. The van der Waals surface area contributed by atoms with E-state index >= 15 is 0 Å². The highest BCUT2D eigenvalue weighted by Gasteiger charge is 2.29. The minimum absolute atomic E-state index is 0.0149. The van der Waals surface area contributed by atoms with Crippen LogP contribution in [0.3, 0.4) is 0 Å². The molecule has 0 saturated carbocycles. The highest BCUT2D eigenvalue weighted by Crippen LogP contribution is 2.25. The lowest BCUT2D eigenvalue weighted by Gasteiger charge is -2.31. The average Bonchev–Trinajstić information content (AvgIpc) is 2.79. The fraction of sp³-hybridized carbons (Fsp3) is 0.481. The number of amides is 2. The predicted octanol–water partition coefficient (Wildman–Crippen LogP) is 6.39. The summed E-state index contributed by atoms with van der Waals surface area (Å²) in [6.45, 7) is 12.3. The van der Waals surface area contributed by atoms with Crippen molar-refractivity contribution in [3.63, 3.8) is 0 Å². The van der Waals surface area contributed by atoms with E-state index < -0.39 is 6.04 Å². The van der Waals surface area contributed by atoms with Crippen molar-refractivity contribution in [2.75, 3.05) is 6.61 Å². The van der Waals surface area contributed by atoms with Gasteiger partial charge in [0.05, 0.1) is 10.0 Å². The van der Waals surface area contributed by atoms with E-state index in [-0.39, 0.29) is 36.4 Å². The van der Waals surface area contributed by atoms with Crippen molar-refractivity contribution in [1.29, 1.82) is 0 Å². The largest absolute Gasteiger partial charge is 0.484 e. The predicted molar refractivity (Wildman–Crippen MR) is 140 cm³/mol. The Morgan fingerprint density at radius 2 is 1.65 bits per heavy atom. The number of benzene rings is 2. The van der Waals surface area contributed by atoms with Gasteiger partial charge in [-0.2, -0.15) is 0 Å². The zero-order valence-corrected chi connectivity index (χ0v) is 22.5. The van der Waals surface area contributed by atoms with Gasteiger partial charge in [0.15, 0.2) is 6.61 Å². The highest BCUT2D eigenvalue weighted by molar-refractivity contribution is 6.42. The summed E-state index contributed by atoms with van der Waals surface area (Å²) in [6.07, 6.45) is 1.27.